The van der Waals surface area contributed by atoms with E-state index in [0.717, 1.165) is 29.1 Å². The summed E-state index contributed by atoms with van der Waals surface area (Å²) in [7, 11) is 0. The van der Waals surface area contributed by atoms with E-state index in [1.54, 1.807) is 30.5 Å². The molecule has 0 unspecified atom stereocenters. The third kappa shape index (κ3) is 4.88. The summed E-state index contributed by atoms with van der Waals surface area (Å²) in [5.74, 6) is -1.78. The zero-order valence-electron chi connectivity index (χ0n) is 18.2. The highest BCUT2D eigenvalue weighted by atomic mass is 19.1. The van der Waals surface area contributed by atoms with Gasteiger partial charge in [0.1, 0.15) is 11.6 Å². The number of carbonyl (C=O) groups excluding carboxylic acids is 2. The van der Waals surface area contributed by atoms with Crippen molar-refractivity contribution in [3.63, 3.8) is 0 Å². The van der Waals surface area contributed by atoms with E-state index in [1.807, 2.05) is 36.4 Å². The first-order valence-corrected chi connectivity index (χ1v) is 10.7. The Morgan fingerprint density at radius 2 is 1.69 bits per heavy atom. The number of halogens is 2. The molecule has 7 nitrogen and oxygen atoms in total. The van der Waals surface area contributed by atoms with Crippen LogP contribution in [0.15, 0.2) is 79.0 Å². The van der Waals surface area contributed by atoms with Gasteiger partial charge >= 0.3 is 6.03 Å². The molecule has 9 heteroatoms. The zero-order chi connectivity index (χ0) is 24.4. The van der Waals surface area contributed by atoms with Gasteiger partial charge in [-0.25, -0.2) is 13.6 Å². The summed E-state index contributed by atoms with van der Waals surface area (Å²) in [6.07, 6.45) is 3.59. The van der Waals surface area contributed by atoms with Crippen LogP contribution in [0.25, 0.3) is 11.6 Å². The van der Waals surface area contributed by atoms with E-state index in [9.17, 15) is 18.4 Å². The zero-order valence-corrected chi connectivity index (χ0v) is 18.2. The highest BCUT2D eigenvalue weighted by Crippen LogP contribution is 2.35. The van der Waals surface area contributed by atoms with Crippen LogP contribution < -0.4 is 21.3 Å². The molecule has 0 spiro atoms. The van der Waals surface area contributed by atoms with Crippen LogP contribution in [0.3, 0.4) is 0 Å². The van der Waals surface area contributed by atoms with Crippen LogP contribution in [0, 0.1) is 11.6 Å². The number of aromatic nitrogens is 1. The van der Waals surface area contributed by atoms with Gasteiger partial charge in [-0.2, -0.15) is 0 Å². The fourth-order valence-electron chi connectivity index (χ4n) is 3.72. The van der Waals surface area contributed by atoms with Crippen molar-refractivity contribution in [3.05, 3.63) is 102 Å². The van der Waals surface area contributed by atoms with E-state index < -0.39 is 17.7 Å². The lowest BCUT2D eigenvalue weighted by Crippen LogP contribution is -2.20. The first-order chi connectivity index (χ1) is 16.9. The molecule has 5 rings (SSSR count). The molecule has 1 aliphatic heterocycles. The fourth-order valence-corrected chi connectivity index (χ4v) is 3.72. The number of amides is 3. The molecule has 0 saturated carbocycles. The number of nitrogens with one attached hydrogen (secondary N) is 5. The monoisotopic (exact) mass is 471 g/mol. The van der Waals surface area contributed by atoms with Crippen molar-refractivity contribution >= 4 is 52.0 Å². The molecule has 1 aromatic heterocycles. The van der Waals surface area contributed by atoms with Crippen molar-refractivity contribution in [2.75, 3.05) is 21.3 Å². The minimum absolute atomic E-state index is 0.136. The fraction of sp³-hybridized carbons (Fsp3) is 0. The van der Waals surface area contributed by atoms with Crippen LogP contribution in [0.1, 0.15) is 11.3 Å². The minimum Gasteiger partial charge on any atom is -0.362 e. The maximum Gasteiger partial charge on any atom is 0.323 e. The van der Waals surface area contributed by atoms with Crippen molar-refractivity contribution in [1.29, 1.82) is 0 Å². The van der Waals surface area contributed by atoms with E-state index in [0.29, 0.717) is 28.7 Å². The van der Waals surface area contributed by atoms with Gasteiger partial charge in [0.2, 0.25) is 0 Å². The van der Waals surface area contributed by atoms with Gasteiger partial charge in [0.05, 0.1) is 16.9 Å². The Morgan fingerprint density at radius 1 is 0.857 bits per heavy atom. The van der Waals surface area contributed by atoms with Crippen LogP contribution in [0.2, 0.25) is 0 Å². The van der Waals surface area contributed by atoms with E-state index in [4.69, 9.17) is 0 Å². The molecule has 0 aliphatic carbocycles. The number of hydrogen-bond donors (Lipinski definition) is 5. The van der Waals surface area contributed by atoms with Gasteiger partial charge in [0, 0.05) is 40.6 Å². The number of H-pyrrole nitrogens is 1. The topological polar surface area (TPSA) is 98.1 Å². The third-order valence-corrected chi connectivity index (χ3v) is 5.31. The molecule has 2 heterocycles. The predicted molar refractivity (Wildman–Crippen MR) is 132 cm³/mol. The van der Waals surface area contributed by atoms with Gasteiger partial charge in [-0.1, -0.05) is 12.1 Å². The molecule has 0 radical (unpaired) electrons. The van der Waals surface area contributed by atoms with E-state index >= 15 is 0 Å². The number of anilines is 5. The maximum atomic E-state index is 13.8. The molecular weight excluding hydrogens is 452 g/mol. The lowest BCUT2D eigenvalue weighted by molar-refractivity contribution is -0.110. The average Bonchev–Trinajstić information content (AvgIpc) is 3.44. The SMILES string of the molecule is O=C(Nc1cccc(Nc2ccc3c(c2)NC(=O)/C3=C\c2ccc[nH]2)c1)Nc1ccc(F)cc1F. The lowest BCUT2D eigenvalue weighted by Gasteiger charge is -2.12. The number of urea groups is 1. The second kappa shape index (κ2) is 9.14. The predicted octanol–water partition coefficient (Wildman–Crippen LogP) is 6.17. The molecule has 174 valence electrons. The number of carbonyl (C=O) groups is 2. The van der Waals surface area contributed by atoms with Gasteiger partial charge in [-0.3, -0.25) is 4.79 Å². The summed E-state index contributed by atoms with van der Waals surface area (Å²) in [6.45, 7) is 0. The second-order valence-corrected chi connectivity index (χ2v) is 7.81. The smallest absolute Gasteiger partial charge is 0.323 e. The molecule has 0 saturated heterocycles. The van der Waals surface area contributed by atoms with E-state index in [1.165, 1.54) is 0 Å². The Balaban J connectivity index is 1.28. The molecule has 1 aliphatic rings. The van der Waals surface area contributed by atoms with Crippen LogP contribution >= 0.6 is 0 Å². The number of hydrogen-bond acceptors (Lipinski definition) is 3. The van der Waals surface area contributed by atoms with Crippen LogP contribution in [-0.4, -0.2) is 16.9 Å². The summed E-state index contributed by atoms with van der Waals surface area (Å²) < 4.78 is 26.8. The second-order valence-electron chi connectivity index (χ2n) is 7.81. The molecule has 3 amide bonds. The maximum absolute atomic E-state index is 13.8. The van der Waals surface area contributed by atoms with Gasteiger partial charge in [0.25, 0.3) is 5.91 Å². The molecule has 35 heavy (non-hydrogen) atoms. The highest BCUT2D eigenvalue weighted by Gasteiger charge is 2.24. The minimum atomic E-state index is -0.870. The first kappa shape index (κ1) is 21.9. The quantitative estimate of drug-likeness (QED) is 0.225. The van der Waals surface area contributed by atoms with E-state index in [2.05, 4.69) is 26.3 Å². The standard InChI is InChI=1S/C26H19F2N5O2/c27-15-6-9-23(22(28)11-15)33-26(35)31-18-4-1-3-17(12-18)30-19-7-8-20-21(13-16-5-2-10-29-16)25(34)32-24(20)14-19/h1-14,29-30H,(H,32,34)(H2,31,33,35)/b21-13-. The number of fused-ring (bicyclic) bond motifs is 1. The summed E-state index contributed by atoms with van der Waals surface area (Å²) in [4.78, 5) is 27.7. The van der Waals surface area contributed by atoms with Crippen molar-refractivity contribution < 1.29 is 18.4 Å². The van der Waals surface area contributed by atoms with Gasteiger partial charge in [0.15, 0.2) is 0 Å². The van der Waals surface area contributed by atoms with E-state index in [-0.39, 0.29) is 11.6 Å². The third-order valence-electron chi connectivity index (χ3n) is 5.31. The van der Waals surface area contributed by atoms with Gasteiger partial charge in [-0.05, 0) is 60.7 Å². The van der Waals surface area contributed by atoms with Gasteiger partial charge < -0.3 is 26.3 Å². The van der Waals surface area contributed by atoms with Gasteiger partial charge in [-0.15, -0.1) is 0 Å². The average molecular weight is 471 g/mol. The number of aromatic amines is 1. The summed E-state index contributed by atoms with van der Waals surface area (Å²) >= 11 is 0. The molecule has 4 aromatic rings. The molecule has 5 N–H and O–H groups in total. The first-order valence-electron chi connectivity index (χ1n) is 10.7. The van der Waals surface area contributed by atoms with Crippen molar-refractivity contribution in [2.45, 2.75) is 0 Å². The Morgan fingerprint density at radius 3 is 2.49 bits per heavy atom. The Labute approximate surface area is 198 Å². The molecule has 0 atom stereocenters. The summed E-state index contributed by atoms with van der Waals surface area (Å²) in [6, 6.07) is 18.4. The van der Waals surface area contributed by atoms with Crippen molar-refractivity contribution in [3.8, 4) is 0 Å². The number of benzene rings is 3. The summed E-state index contributed by atoms with van der Waals surface area (Å²) in [5.41, 5.74) is 4.64. The Kier molecular flexibility index (Phi) is 5.72. The van der Waals surface area contributed by atoms with Crippen LogP contribution in [-0.2, 0) is 4.79 Å². The van der Waals surface area contributed by atoms with Crippen LogP contribution in [0.5, 0.6) is 0 Å². The number of rotatable bonds is 5. The van der Waals surface area contributed by atoms with Crippen molar-refractivity contribution in [1.82, 2.24) is 4.98 Å². The largest absolute Gasteiger partial charge is 0.362 e. The van der Waals surface area contributed by atoms with Crippen LogP contribution in [0.4, 0.5) is 42.0 Å². The molecule has 0 bridgehead atoms. The Bertz CT molecular complexity index is 1460. The molecular formula is C26H19F2N5O2. The molecule has 0 fully saturated rings. The highest BCUT2D eigenvalue weighted by molar-refractivity contribution is 6.35. The molecule has 3 aromatic carbocycles. The van der Waals surface area contributed by atoms with Crippen molar-refractivity contribution in [2.24, 2.45) is 0 Å². The summed E-state index contributed by atoms with van der Waals surface area (Å²) in [5, 5.41) is 11.1. The normalized spacial score (nSPS) is 13.3. The Hall–Kier alpha value is -4.92. The lowest BCUT2D eigenvalue weighted by atomic mass is 10.1.